The minimum atomic E-state index is 0.459. The molecule has 0 spiro atoms. The summed E-state index contributed by atoms with van der Waals surface area (Å²) in [7, 11) is 0. The van der Waals surface area contributed by atoms with E-state index in [9.17, 15) is 0 Å². The Kier molecular flexibility index (Phi) is 4.80. The highest BCUT2D eigenvalue weighted by atomic mass is 16.5. The molecule has 0 saturated heterocycles. The number of rotatable bonds is 5. The highest BCUT2D eigenvalue weighted by molar-refractivity contribution is 5.39. The topological polar surface area (TPSA) is 35.2 Å². The first kappa shape index (κ1) is 14.6. The smallest absolute Gasteiger partial charge is 0.123 e. The second kappa shape index (κ2) is 6.58. The molecule has 2 nitrogen and oxygen atoms in total. The molecular formula is C18H23NO. The van der Waals surface area contributed by atoms with Gasteiger partial charge in [-0.25, -0.2) is 0 Å². The van der Waals surface area contributed by atoms with Gasteiger partial charge in [-0.2, -0.15) is 0 Å². The van der Waals surface area contributed by atoms with Crippen molar-refractivity contribution >= 4 is 0 Å². The zero-order valence-electron chi connectivity index (χ0n) is 12.5. The highest BCUT2D eigenvalue weighted by Crippen LogP contribution is 2.28. The standard InChI is InChI=1S/C18H23NO/c1-13(2)17-8-7-14(3)9-18(17)20-12-16-6-4-5-15(10-16)11-19/h4-10,13H,11-12,19H2,1-3H3. The molecule has 0 saturated carbocycles. The minimum absolute atomic E-state index is 0.459. The second-order valence-corrected chi connectivity index (χ2v) is 5.51. The van der Waals surface area contributed by atoms with Crippen molar-refractivity contribution in [1.82, 2.24) is 0 Å². The van der Waals surface area contributed by atoms with Crippen LogP contribution in [0.2, 0.25) is 0 Å². The van der Waals surface area contributed by atoms with Crippen LogP contribution in [-0.2, 0) is 13.2 Å². The van der Waals surface area contributed by atoms with Crippen molar-refractivity contribution in [3.63, 3.8) is 0 Å². The van der Waals surface area contributed by atoms with Gasteiger partial charge in [-0.3, -0.25) is 0 Å². The molecule has 2 aromatic rings. The van der Waals surface area contributed by atoms with E-state index in [4.69, 9.17) is 10.5 Å². The van der Waals surface area contributed by atoms with Crippen molar-refractivity contribution < 1.29 is 4.74 Å². The number of ether oxygens (including phenoxy) is 1. The van der Waals surface area contributed by atoms with E-state index in [0.717, 1.165) is 16.9 Å². The third-order valence-electron chi connectivity index (χ3n) is 3.41. The largest absolute Gasteiger partial charge is 0.489 e. The van der Waals surface area contributed by atoms with E-state index in [1.54, 1.807) is 0 Å². The van der Waals surface area contributed by atoms with Crippen LogP contribution < -0.4 is 10.5 Å². The zero-order valence-corrected chi connectivity index (χ0v) is 12.5. The predicted octanol–water partition coefficient (Wildman–Crippen LogP) is 4.16. The Labute approximate surface area is 121 Å². The number of hydrogen-bond acceptors (Lipinski definition) is 2. The van der Waals surface area contributed by atoms with Crippen molar-refractivity contribution in [2.24, 2.45) is 5.73 Å². The van der Waals surface area contributed by atoms with Crippen molar-refractivity contribution in [3.8, 4) is 5.75 Å². The Morgan fingerprint density at radius 1 is 1.05 bits per heavy atom. The average Bonchev–Trinajstić information content (AvgIpc) is 2.45. The fourth-order valence-electron chi connectivity index (χ4n) is 2.25. The predicted molar refractivity (Wildman–Crippen MR) is 83.9 cm³/mol. The lowest BCUT2D eigenvalue weighted by atomic mass is 10.0. The van der Waals surface area contributed by atoms with Gasteiger partial charge in [0.25, 0.3) is 0 Å². The van der Waals surface area contributed by atoms with Gasteiger partial charge in [0, 0.05) is 6.54 Å². The van der Waals surface area contributed by atoms with Gasteiger partial charge in [0.15, 0.2) is 0 Å². The molecule has 106 valence electrons. The summed E-state index contributed by atoms with van der Waals surface area (Å²) in [5.41, 5.74) is 10.4. The quantitative estimate of drug-likeness (QED) is 0.884. The van der Waals surface area contributed by atoms with Crippen molar-refractivity contribution in [1.29, 1.82) is 0 Å². The Hall–Kier alpha value is -1.80. The fraction of sp³-hybridized carbons (Fsp3) is 0.333. The van der Waals surface area contributed by atoms with Crippen LogP contribution in [0.15, 0.2) is 42.5 Å². The Morgan fingerprint density at radius 3 is 2.50 bits per heavy atom. The van der Waals surface area contributed by atoms with E-state index >= 15 is 0 Å². The van der Waals surface area contributed by atoms with Crippen LogP contribution in [0.25, 0.3) is 0 Å². The lowest BCUT2D eigenvalue weighted by molar-refractivity contribution is 0.301. The molecule has 0 aliphatic heterocycles. The molecule has 0 aliphatic carbocycles. The zero-order chi connectivity index (χ0) is 14.5. The van der Waals surface area contributed by atoms with Crippen LogP contribution >= 0.6 is 0 Å². The number of nitrogens with two attached hydrogens (primary N) is 1. The Morgan fingerprint density at radius 2 is 1.80 bits per heavy atom. The van der Waals surface area contributed by atoms with E-state index < -0.39 is 0 Å². The summed E-state index contributed by atoms with van der Waals surface area (Å²) in [6, 6.07) is 14.6. The summed E-state index contributed by atoms with van der Waals surface area (Å²) < 4.78 is 6.02. The summed E-state index contributed by atoms with van der Waals surface area (Å²) in [6.07, 6.45) is 0. The van der Waals surface area contributed by atoms with Crippen LogP contribution in [0.3, 0.4) is 0 Å². The molecule has 0 bridgehead atoms. The number of aryl methyl sites for hydroxylation is 1. The average molecular weight is 269 g/mol. The molecule has 2 heteroatoms. The SMILES string of the molecule is Cc1ccc(C(C)C)c(OCc2cccc(CN)c2)c1. The van der Waals surface area contributed by atoms with Crippen molar-refractivity contribution in [2.75, 3.05) is 0 Å². The third kappa shape index (κ3) is 3.61. The monoisotopic (exact) mass is 269 g/mol. The van der Waals surface area contributed by atoms with Crippen LogP contribution in [0.5, 0.6) is 5.75 Å². The first-order chi connectivity index (χ1) is 9.60. The van der Waals surface area contributed by atoms with Crippen LogP contribution in [0.4, 0.5) is 0 Å². The molecule has 2 aromatic carbocycles. The maximum absolute atomic E-state index is 6.02. The van der Waals surface area contributed by atoms with Gasteiger partial charge in [0.05, 0.1) is 0 Å². The van der Waals surface area contributed by atoms with Crippen LogP contribution in [-0.4, -0.2) is 0 Å². The van der Waals surface area contributed by atoms with Gasteiger partial charge in [-0.15, -0.1) is 0 Å². The lowest BCUT2D eigenvalue weighted by Gasteiger charge is -2.15. The van der Waals surface area contributed by atoms with Crippen LogP contribution in [0.1, 0.15) is 42.0 Å². The molecule has 0 heterocycles. The molecule has 0 unspecified atom stereocenters. The lowest BCUT2D eigenvalue weighted by Crippen LogP contribution is -2.02. The summed E-state index contributed by atoms with van der Waals surface area (Å²) in [5.74, 6) is 1.44. The maximum atomic E-state index is 6.02. The fourth-order valence-corrected chi connectivity index (χ4v) is 2.25. The van der Waals surface area contributed by atoms with Crippen LogP contribution in [0, 0.1) is 6.92 Å². The summed E-state index contributed by atoms with van der Waals surface area (Å²) in [6.45, 7) is 7.61. The molecule has 2 rings (SSSR count). The molecule has 20 heavy (non-hydrogen) atoms. The van der Waals surface area contributed by atoms with Gasteiger partial charge in [-0.05, 0) is 41.2 Å². The van der Waals surface area contributed by atoms with Gasteiger partial charge in [0.2, 0.25) is 0 Å². The Balaban J connectivity index is 2.15. The van der Waals surface area contributed by atoms with E-state index in [2.05, 4.69) is 51.1 Å². The molecule has 0 amide bonds. The molecule has 0 aromatic heterocycles. The number of hydrogen-bond donors (Lipinski definition) is 1. The molecule has 0 fully saturated rings. The van der Waals surface area contributed by atoms with E-state index in [0.29, 0.717) is 19.1 Å². The first-order valence-electron chi connectivity index (χ1n) is 7.11. The third-order valence-corrected chi connectivity index (χ3v) is 3.41. The normalized spacial score (nSPS) is 10.8. The van der Waals surface area contributed by atoms with Crippen molar-refractivity contribution in [2.45, 2.75) is 39.8 Å². The van der Waals surface area contributed by atoms with Crippen molar-refractivity contribution in [3.05, 3.63) is 64.7 Å². The molecule has 0 aliphatic rings. The van der Waals surface area contributed by atoms with Gasteiger partial charge in [0.1, 0.15) is 12.4 Å². The first-order valence-corrected chi connectivity index (χ1v) is 7.11. The second-order valence-electron chi connectivity index (χ2n) is 5.51. The Bertz CT molecular complexity index is 575. The van der Waals surface area contributed by atoms with E-state index in [1.807, 2.05) is 12.1 Å². The van der Waals surface area contributed by atoms with E-state index in [1.165, 1.54) is 11.1 Å². The highest BCUT2D eigenvalue weighted by Gasteiger charge is 2.08. The maximum Gasteiger partial charge on any atom is 0.123 e. The van der Waals surface area contributed by atoms with E-state index in [-0.39, 0.29) is 0 Å². The molecule has 0 atom stereocenters. The summed E-state index contributed by atoms with van der Waals surface area (Å²) >= 11 is 0. The molecule has 0 radical (unpaired) electrons. The van der Waals surface area contributed by atoms with Gasteiger partial charge < -0.3 is 10.5 Å². The molecule has 2 N–H and O–H groups in total. The molecular weight excluding hydrogens is 246 g/mol. The van der Waals surface area contributed by atoms with Gasteiger partial charge in [-0.1, -0.05) is 50.2 Å². The summed E-state index contributed by atoms with van der Waals surface area (Å²) in [4.78, 5) is 0. The minimum Gasteiger partial charge on any atom is -0.489 e. The van der Waals surface area contributed by atoms with Gasteiger partial charge >= 0.3 is 0 Å². The number of benzene rings is 2. The summed E-state index contributed by atoms with van der Waals surface area (Å²) in [5, 5.41) is 0.